The summed E-state index contributed by atoms with van der Waals surface area (Å²) >= 11 is 0. The van der Waals surface area contributed by atoms with Crippen LogP contribution in [0.5, 0.6) is 0 Å². The van der Waals surface area contributed by atoms with Gasteiger partial charge < -0.3 is 10.4 Å². The van der Waals surface area contributed by atoms with Crippen molar-refractivity contribution in [1.82, 2.24) is 5.32 Å². The van der Waals surface area contributed by atoms with Crippen LogP contribution in [-0.2, 0) is 0 Å². The molecule has 74 valence electrons. The van der Waals surface area contributed by atoms with Gasteiger partial charge in [0.15, 0.2) is 0 Å². The molecule has 0 bridgehead atoms. The molecule has 0 aliphatic heterocycles. The summed E-state index contributed by atoms with van der Waals surface area (Å²) in [6.45, 7) is 10.2. The van der Waals surface area contributed by atoms with Gasteiger partial charge in [-0.3, -0.25) is 0 Å². The number of aliphatic hydroxyl groups is 1. The second kappa shape index (κ2) is 4.83. The smallest absolute Gasteiger partial charge is 0.0688 e. The monoisotopic (exact) mass is 173 g/mol. The molecule has 0 aliphatic rings. The second-order valence-corrected chi connectivity index (χ2v) is 4.06. The molecule has 0 saturated heterocycles. The number of aliphatic hydroxyl groups excluding tert-OH is 1. The van der Waals surface area contributed by atoms with E-state index in [0.717, 1.165) is 12.8 Å². The Labute approximate surface area is 76.4 Å². The molecule has 0 heterocycles. The summed E-state index contributed by atoms with van der Waals surface area (Å²) in [5.41, 5.74) is -0.170. The summed E-state index contributed by atoms with van der Waals surface area (Å²) in [6, 6.07) is 0.523. The average molecular weight is 173 g/mol. The van der Waals surface area contributed by atoms with Crippen LogP contribution in [0.3, 0.4) is 0 Å². The van der Waals surface area contributed by atoms with Crippen molar-refractivity contribution in [2.45, 2.75) is 65.1 Å². The van der Waals surface area contributed by atoms with Gasteiger partial charge in [-0.05, 0) is 33.6 Å². The minimum atomic E-state index is -0.307. The Bertz CT molecular complexity index is 117. The first kappa shape index (κ1) is 11.9. The highest BCUT2D eigenvalue weighted by atomic mass is 16.3. The lowest BCUT2D eigenvalue weighted by Gasteiger charge is -2.33. The largest absolute Gasteiger partial charge is 0.392 e. The fourth-order valence-electron chi connectivity index (χ4n) is 1.14. The van der Waals surface area contributed by atoms with Crippen LogP contribution in [0.4, 0.5) is 0 Å². The van der Waals surface area contributed by atoms with Crippen molar-refractivity contribution < 1.29 is 5.11 Å². The molecule has 1 atom stereocenters. The van der Waals surface area contributed by atoms with Crippen LogP contribution in [0.2, 0.25) is 0 Å². The third-order valence-electron chi connectivity index (χ3n) is 2.61. The van der Waals surface area contributed by atoms with Gasteiger partial charge >= 0.3 is 0 Å². The zero-order valence-corrected chi connectivity index (χ0v) is 9.02. The quantitative estimate of drug-likeness (QED) is 0.666. The molecule has 0 rings (SSSR count). The molecule has 0 aliphatic carbocycles. The van der Waals surface area contributed by atoms with Crippen LogP contribution in [-0.4, -0.2) is 22.8 Å². The summed E-state index contributed by atoms with van der Waals surface area (Å²) in [5.74, 6) is 0. The summed E-state index contributed by atoms with van der Waals surface area (Å²) in [6.07, 6.45) is 1.93. The predicted molar refractivity (Wildman–Crippen MR) is 53.3 cm³/mol. The minimum absolute atomic E-state index is 0.170. The van der Waals surface area contributed by atoms with Crippen molar-refractivity contribution in [3.63, 3.8) is 0 Å². The van der Waals surface area contributed by atoms with Crippen LogP contribution in [0.1, 0.15) is 47.5 Å². The van der Waals surface area contributed by atoms with Crippen molar-refractivity contribution in [3.05, 3.63) is 0 Å². The number of hydrogen-bond acceptors (Lipinski definition) is 2. The van der Waals surface area contributed by atoms with E-state index in [4.69, 9.17) is 0 Å². The summed E-state index contributed by atoms with van der Waals surface area (Å²) < 4.78 is 0. The zero-order chi connectivity index (χ0) is 9.78. The number of rotatable bonds is 5. The van der Waals surface area contributed by atoms with Gasteiger partial charge in [0.25, 0.3) is 0 Å². The normalized spacial score (nSPS) is 15.2. The van der Waals surface area contributed by atoms with Gasteiger partial charge in [0.1, 0.15) is 0 Å². The highest BCUT2D eigenvalue weighted by molar-refractivity contribution is 4.85. The number of nitrogens with one attached hydrogen (secondary N) is 1. The molecule has 0 spiro atoms. The Hall–Kier alpha value is -0.0800. The van der Waals surface area contributed by atoms with Crippen molar-refractivity contribution in [3.8, 4) is 0 Å². The molecular formula is C10H23NO. The predicted octanol–water partition coefficient (Wildman–Crippen LogP) is 1.92. The lowest BCUT2D eigenvalue weighted by molar-refractivity contribution is 0.0869. The van der Waals surface area contributed by atoms with Crippen molar-refractivity contribution in [2.24, 2.45) is 0 Å². The molecule has 0 amide bonds. The molecular weight excluding hydrogens is 150 g/mol. The maximum Gasteiger partial charge on any atom is 0.0688 e. The molecule has 12 heavy (non-hydrogen) atoms. The van der Waals surface area contributed by atoms with E-state index in [2.05, 4.69) is 19.2 Å². The summed E-state index contributed by atoms with van der Waals surface area (Å²) in [4.78, 5) is 0. The molecule has 0 aromatic rings. The standard InChI is InChI=1S/C10H23NO/c1-6-9(7-2)11-10(4,5)8(3)12/h8-9,11-12H,6-7H2,1-5H3. The first-order valence-corrected chi connectivity index (χ1v) is 4.89. The van der Waals surface area contributed by atoms with Crippen LogP contribution in [0.15, 0.2) is 0 Å². The molecule has 2 nitrogen and oxygen atoms in total. The Kier molecular flexibility index (Phi) is 4.80. The number of hydrogen-bond donors (Lipinski definition) is 2. The lowest BCUT2D eigenvalue weighted by Crippen LogP contribution is -2.52. The van der Waals surface area contributed by atoms with Gasteiger partial charge in [0, 0.05) is 11.6 Å². The van der Waals surface area contributed by atoms with E-state index in [-0.39, 0.29) is 11.6 Å². The Balaban J connectivity index is 4.02. The van der Waals surface area contributed by atoms with Gasteiger partial charge in [-0.1, -0.05) is 13.8 Å². The Morgan fingerprint density at radius 1 is 1.25 bits per heavy atom. The zero-order valence-electron chi connectivity index (χ0n) is 9.02. The summed E-state index contributed by atoms with van der Waals surface area (Å²) in [5, 5.41) is 12.9. The topological polar surface area (TPSA) is 32.3 Å². The first-order chi connectivity index (χ1) is 5.44. The Morgan fingerprint density at radius 2 is 1.67 bits per heavy atom. The van der Waals surface area contributed by atoms with E-state index >= 15 is 0 Å². The van der Waals surface area contributed by atoms with Crippen LogP contribution in [0, 0.1) is 0 Å². The van der Waals surface area contributed by atoms with Crippen molar-refractivity contribution >= 4 is 0 Å². The fourth-order valence-corrected chi connectivity index (χ4v) is 1.14. The van der Waals surface area contributed by atoms with E-state index in [1.807, 2.05) is 20.8 Å². The molecule has 0 aromatic heterocycles. The average Bonchev–Trinajstić information content (AvgIpc) is 2.00. The van der Waals surface area contributed by atoms with Gasteiger partial charge in [0.05, 0.1) is 6.10 Å². The van der Waals surface area contributed by atoms with E-state index in [1.54, 1.807) is 0 Å². The third-order valence-corrected chi connectivity index (χ3v) is 2.61. The highest BCUT2D eigenvalue weighted by Crippen LogP contribution is 2.11. The molecule has 0 fully saturated rings. The molecule has 0 saturated carbocycles. The highest BCUT2D eigenvalue weighted by Gasteiger charge is 2.25. The van der Waals surface area contributed by atoms with Crippen molar-refractivity contribution in [1.29, 1.82) is 0 Å². The lowest BCUT2D eigenvalue weighted by atomic mass is 9.96. The first-order valence-electron chi connectivity index (χ1n) is 4.89. The second-order valence-electron chi connectivity index (χ2n) is 4.06. The van der Waals surface area contributed by atoms with E-state index in [0.29, 0.717) is 6.04 Å². The summed E-state index contributed by atoms with van der Waals surface area (Å²) in [7, 11) is 0. The maximum absolute atomic E-state index is 9.46. The van der Waals surface area contributed by atoms with Gasteiger partial charge in [-0.15, -0.1) is 0 Å². The van der Waals surface area contributed by atoms with Crippen LogP contribution >= 0.6 is 0 Å². The SMILES string of the molecule is CCC(CC)NC(C)(C)C(C)O. The van der Waals surface area contributed by atoms with Crippen LogP contribution < -0.4 is 5.32 Å². The van der Waals surface area contributed by atoms with E-state index < -0.39 is 0 Å². The van der Waals surface area contributed by atoms with E-state index in [9.17, 15) is 5.11 Å². The van der Waals surface area contributed by atoms with Gasteiger partial charge in [-0.25, -0.2) is 0 Å². The molecule has 1 unspecified atom stereocenters. The van der Waals surface area contributed by atoms with Gasteiger partial charge in [0.2, 0.25) is 0 Å². The fraction of sp³-hybridized carbons (Fsp3) is 1.00. The van der Waals surface area contributed by atoms with Crippen LogP contribution in [0.25, 0.3) is 0 Å². The van der Waals surface area contributed by atoms with Crippen molar-refractivity contribution in [2.75, 3.05) is 0 Å². The molecule has 0 radical (unpaired) electrons. The van der Waals surface area contributed by atoms with E-state index in [1.165, 1.54) is 0 Å². The third kappa shape index (κ3) is 3.55. The maximum atomic E-state index is 9.46. The van der Waals surface area contributed by atoms with Gasteiger partial charge in [-0.2, -0.15) is 0 Å². The molecule has 0 aromatic carbocycles. The molecule has 2 N–H and O–H groups in total. The minimum Gasteiger partial charge on any atom is -0.392 e. The Morgan fingerprint density at radius 3 is 1.92 bits per heavy atom. The molecule has 2 heteroatoms.